The molecule has 6 atom stereocenters. The molecule has 4 rings (SSSR count). The summed E-state index contributed by atoms with van der Waals surface area (Å²) in [5, 5.41) is 0. The lowest BCUT2D eigenvalue weighted by molar-refractivity contribution is -0.154. The number of rotatable bonds is 2. The predicted molar refractivity (Wildman–Crippen MR) is 72.4 cm³/mol. The second-order valence-corrected chi connectivity index (χ2v) is 6.96. The van der Waals surface area contributed by atoms with Crippen molar-refractivity contribution in [2.45, 2.75) is 50.7 Å². The Hall–Kier alpha value is -1.43. The first-order chi connectivity index (χ1) is 10.6. The topological polar surface area (TPSA) is 78.9 Å². The highest BCUT2D eigenvalue weighted by atomic mass is 16.6. The van der Waals surface area contributed by atoms with Crippen LogP contribution in [0.25, 0.3) is 0 Å². The van der Waals surface area contributed by atoms with Crippen LogP contribution >= 0.6 is 0 Å². The Morgan fingerprint density at radius 3 is 2.27 bits per heavy atom. The van der Waals surface area contributed by atoms with Crippen LogP contribution in [0.1, 0.15) is 38.5 Å². The fourth-order valence-electron chi connectivity index (χ4n) is 4.46. The van der Waals surface area contributed by atoms with Crippen molar-refractivity contribution in [1.29, 1.82) is 0 Å². The Labute approximate surface area is 128 Å². The van der Waals surface area contributed by atoms with E-state index in [1.54, 1.807) is 0 Å². The molecule has 0 radical (unpaired) electrons. The predicted octanol–water partition coefficient (Wildman–Crippen LogP) is 1.21. The molecule has 2 saturated carbocycles. The molecule has 0 aromatic rings. The first kappa shape index (κ1) is 14.2. The largest absolute Gasteiger partial charge is 0.465 e. The third-order valence-corrected chi connectivity index (χ3v) is 5.67. The lowest BCUT2D eigenvalue weighted by Gasteiger charge is -2.35. The van der Waals surface area contributed by atoms with E-state index >= 15 is 0 Å². The fraction of sp³-hybridized carbons (Fsp3) is 0.812. The second kappa shape index (κ2) is 5.33. The molecule has 0 bridgehead atoms. The van der Waals surface area contributed by atoms with Crippen molar-refractivity contribution in [3.8, 4) is 0 Å². The van der Waals surface area contributed by atoms with Gasteiger partial charge in [-0.15, -0.1) is 0 Å². The van der Waals surface area contributed by atoms with Gasteiger partial charge in [0, 0.05) is 5.92 Å². The van der Waals surface area contributed by atoms with Gasteiger partial charge in [0.2, 0.25) is 0 Å². The van der Waals surface area contributed by atoms with Crippen molar-refractivity contribution in [2.75, 3.05) is 6.61 Å². The van der Waals surface area contributed by atoms with Crippen LogP contribution in [0.4, 0.5) is 0 Å². The van der Waals surface area contributed by atoms with Gasteiger partial charge in [-0.25, -0.2) is 0 Å². The van der Waals surface area contributed by atoms with Crippen molar-refractivity contribution in [2.24, 2.45) is 23.7 Å². The number of cyclic esters (lactones) is 3. The summed E-state index contributed by atoms with van der Waals surface area (Å²) in [4.78, 5) is 34.8. The third-order valence-electron chi connectivity index (χ3n) is 5.67. The first-order valence-corrected chi connectivity index (χ1v) is 8.19. The summed E-state index contributed by atoms with van der Waals surface area (Å²) in [6.45, 7) is 0.513. The average Bonchev–Trinajstić information content (AvgIpc) is 3.00. The van der Waals surface area contributed by atoms with E-state index in [1.807, 2.05) is 0 Å². The van der Waals surface area contributed by atoms with Gasteiger partial charge in [-0.05, 0) is 38.5 Å². The average molecular weight is 308 g/mol. The van der Waals surface area contributed by atoms with Gasteiger partial charge in [0.25, 0.3) is 0 Å². The molecular weight excluding hydrogens is 288 g/mol. The Morgan fingerprint density at radius 2 is 1.45 bits per heavy atom. The minimum Gasteiger partial charge on any atom is -0.465 e. The van der Waals surface area contributed by atoms with Gasteiger partial charge >= 0.3 is 17.9 Å². The minimum atomic E-state index is -0.387. The van der Waals surface area contributed by atoms with Crippen LogP contribution in [0.5, 0.6) is 0 Å². The molecule has 6 unspecified atom stereocenters. The van der Waals surface area contributed by atoms with Crippen LogP contribution in [0.2, 0.25) is 0 Å². The van der Waals surface area contributed by atoms with Gasteiger partial charge in [0.1, 0.15) is 0 Å². The number of hydrogen-bond acceptors (Lipinski definition) is 6. The van der Waals surface area contributed by atoms with E-state index in [9.17, 15) is 14.4 Å². The lowest BCUT2D eigenvalue weighted by Crippen LogP contribution is -2.37. The van der Waals surface area contributed by atoms with E-state index in [1.165, 1.54) is 0 Å². The molecule has 2 aliphatic heterocycles. The van der Waals surface area contributed by atoms with Crippen LogP contribution < -0.4 is 0 Å². The Bertz CT molecular complexity index is 515. The minimum absolute atomic E-state index is 0.0132. The Morgan fingerprint density at radius 1 is 0.773 bits per heavy atom. The quantitative estimate of drug-likeness (QED) is 0.563. The van der Waals surface area contributed by atoms with Gasteiger partial charge in [0.15, 0.2) is 0 Å². The van der Waals surface area contributed by atoms with Gasteiger partial charge in [-0.3, -0.25) is 14.4 Å². The van der Waals surface area contributed by atoms with Crippen LogP contribution in [0.15, 0.2) is 0 Å². The van der Waals surface area contributed by atoms with Crippen molar-refractivity contribution in [1.82, 2.24) is 0 Å². The number of carbonyl (C=O) groups excluding carboxylic acids is 3. The monoisotopic (exact) mass is 308 g/mol. The SMILES string of the molecule is O=C1OCC2CC(OC3CCC4C(=O)OC(=O)C4C3)CCC12. The molecule has 4 aliphatic rings. The summed E-state index contributed by atoms with van der Waals surface area (Å²) >= 11 is 0. The molecule has 0 aromatic heterocycles. The molecule has 0 amide bonds. The summed E-state index contributed by atoms with van der Waals surface area (Å²) in [7, 11) is 0. The van der Waals surface area contributed by atoms with Crippen molar-refractivity contribution in [3.05, 3.63) is 0 Å². The zero-order valence-electron chi connectivity index (χ0n) is 12.4. The molecule has 2 saturated heterocycles. The highest BCUT2D eigenvalue weighted by molar-refractivity contribution is 5.96. The third kappa shape index (κ3) is 2.33. The summed E-state index contributed by atoms with van der Waals surface area (Å²) in [6.07, 6.45) is 4.73. The molecule has 4 fully saturated rings. The smallest absolute Gasteiger partial charge is 0.317 e. The summed E-state index contributed by atoms with van der Waals surface area (Å²) in [5.74, 6) is -1.06. The van der Waals surface area contributed by atoms with Gasteiger partial charge in [0.05, 0.1) is 36.6 Å². The number of esters is 3. The van der Waals surface area contributed by atoms with Crippen molar-refractivity contribution < 1.29 is 28.6 Å². The maximum atomic E-state index is 11.7. The highest BCUT2D eigenvalue weighted by Gasteiger charge is 2.49. The second-order valence-electron chi connectivity index (χ2n) is 6.96. The number of ether oxygens (including phenoxy) is 3. The van der Waals surface area contributed by atoms with Crippen molar-refractivity contribution >= 4 is 17.9 Å². The van der Waals surface area contributed by atoms with E-state index in [0.717, 1.165) is 25.7 Å². The van der Waals surface area contributed by atoms with Crippen LogP contribution in [-0.2, 0) is 28.6 Å². The van der Waals surface area contributed by atoms with Gasteiger partial charge < -0.3 is 14.2 Å². The molecule has 0 aromatic carbocycles. The molecule has 0 N–H and O–H groups in total. The zero-order valence-corrected chi connectivity index (χ0v) is 12.4. The first-order valence-electron chi connectivity index (χ1n) is 8.19. The Balaban J connectivity index is 1.34. The molecule has 6 heteroatoms. The van der Waals surface area contributed by atoms with E-state index in [4.69, 9.17) is 14.2 Å². The molecule has 22 heavy (non-hydrogen) atoms. The lowest BCUT2D eigenvalue weighted by atomic mass is 9.78. The highest BCUT2D eigenvalue weighted by Crippen LogP contribution is 2.41. The zero-order chi connectivity index (χ0) is 15.3. The maximum absolute atomic E-state index is 11.7. The number of hydrogen-bond donors (Lipinski definition) is 0. The van der Waals surface area contributed by atoms with Crippen LogP contribution in [-0.4, -0.2) is 36.7 Å². The number of fused-ring (bicyclic) bond motifs is 2. The Kier molecular flexibility index (Phi) is 3.44. The van der Waals surface area contributed by atoms with Crippen LogP contribution in [0.3, 0.4) is 0 Å². The molecular formula is C16H20O6. The summed E-state index contributed by atoms with van der Waals surface area (Å²) < 4.78 is 16.0. The van der Waals surface area contributed by atoms with E-state index < -0.39 is 0 Å². The molecule has 0 spiro atoms. The van der Waals surface area contributed by atoms with Crippen molar-refractivity contribution in [3.63, 3.8) is 0 Å². The molecule has 2 heterocycles. The van der Waals surface area contributed by atoms with E-state index in [2.05, 4.69) is 0 Å². The molecule has 2 aliphatic carbocycles. The van der Waals surface area contributed by atoms with E-state index in [0.29, 0.717) is 19.4 Å². The molecule has 120 valence electrons. The molecule has 6 nitrogen and oxygen atoms in total. The summed E-state index contributed by atoms with van der Waals surface area (Å²) in [5.41, 5.74) is 0. The van der Waals surface area contributed by atoms with Gasteiger partial charge in [-0.1, -0.05) is 0 Å². The number of carbonyl (C=O) groups is 3. The van der Waals surface area contributed by atoms with Crippen LogP contribution in [0, 0.1) is 23.7 Å². The standard InChI is InChI=1S/C16H20O6/c17-14-11-3-1-9(5-8(11)7-20-14)21-10-2-4-12-13(6-10)16(19)22-15(12)18/h8-13H,1-7H2. The summed E-state index contributed by atoms with van der Waals surface area (Å²) in [6, 6.07) is 0. The normalized spacial score (nSPS) is 44.3. The fourth-order valence-corrected chi connectivity index (χ4v) is 4.46. The van der Waals surface area contributed by atoms with Gasteiger partial charge in [-0.2, -0.15) is 0 Å². The maximum Gasteiger partial charge on any atom is 0.317 e. The van der Waals surface area contributed by atoms with E-state index in [-0.39, 0.29) is 53.8 Å².